The Balaban J connectivity index is 0.00000364. The number of nitrogens with two attached hydrogens (primary N) is 1. The molecule has 2 heterocycles. The molecule has 0 fully saturated rings. The summed E-state index contributed by atoms with van der Waals surface area (Å²) in [5.41, 5.74) is 5.87. The number of amides is 2. The second-order valence-corrected chi connectivity index (χ2v) is 5.48. The molecule has 0 aliphatic heterocycles. The molecule has 12 nitrogen and oxygen atoms in total. The average Bonchev–Trinajstić information content (AvgIpc) is 3.10. The summed E-state index contributed by atoms with van der Waals surface area (Å²) in [6.45, 7) is 0.222. The summed E-state index contributed by atoms with van der Waals surface area (Å²) in [7, 11) is 3.05. The van der Waals surface area contributed by atoms with E-state index < -0.39 is 16.6 Å². The molecule has 2 rings (SSSR count). The third-order valence-electron chi connectivity index (χ3n) is 3.46. The highest BCUT2D eigenvalue weighted by atomic mass is 35.5. The predicted molar refractivity (Wildman–Crippen MR) is 99.3 cm³/mol. The minimum Gasteiger partial charge on any atom is -0.388 e. The first kappa shape index (κ1) is 21.6. The van der Waals surface area contributed by atoms with E-state index in [2.05, 4.69) is 15.7 Å². The molecule has 0 aliphatic carbocycles. The Labute approximate surface area is 159 Å². The van der Waals surface area contributed by atoms with E-state index in [1.807, 2.05) is 0 Å². The normalized spacial score (nSPS) is 10.0. The van der Waals surface area contributed by atoms with Gasteiger partial charge in [0.15, 0.2) is 5.69 Å². The fraction of sp³-hybridized carbons (Fsp3) is 0.286. The zero-order valence-electron chi connectivity index (χ0n) is 14.6. The molecule has 27 heavy (non-hydrogen) atoms. The topological polar surface area (TPSA) is 174 Å². The maximum Gasteiger partial charge on any atom is 0.390 e. The number of anilines is 1. The van der Waals surface area contributed by atoms with E-state index >= 15 is 0 Å². The van der Waals surface area contributed by atoms with Crippen molar-refractivity contribution in [1.82, 2.24) is 19.7 Å². The van der Waals surface area contributed by atoms with Gasteiger partial charge in [0.1, 0.15) is 5.69 Å². The van der Waals surface area contributed by atoms with Gasteiger partial charge in [0, 0.05) is 26.2 Å². The summed E-state index contributed by atoms with van der Waals surface area (Å²) in [6.07, 6.45) is 1.77. The van der Waals surface area contributed by atoms with Crippen LogP contribution in [0.1, 0.15) is 27.4 Å². The summed E-state index contributed by atoms with van der Waals surface area (Å²) in [5.74, 6) is -1.45. The van der Waals surface area contributed by atoms with Crippen molar-refractivity contribution >= 4 is 41.6 Å². The highest BCUT2D eigenvalue weighted by Gasteiger charge is 2.22. The van der Waals surface area contributed by atoms with Gasteiger partial charge in [-0.25, -0.2) is 0 Å². The molecular formula is C14H19ClN8O4. The van der Waals surface area contributed by atoms with Crippen molar-refractivity contribution in [2.45, 2.75) is 6.42 Å². The van der Waals surface area contributed by atoms with Gasteiger partial charge in [0.05, 0.1) is 29.7 Å². The molecule has 5 N–H and O–H groups in total. The molecule has 0 bridgehead atoms. The number of carbonyl (C=O) groups excluding carboxylic acids is 2. The van der Waals surface area contributed by atoms with Gasteiger partial charge in [-0.2, -0.15) is 4.68 Å². The van der Waals surface area contributed by atoms with Crippen LogP contribution in [0, 0.1) is 15.5 Å². The molecule has 0 saturated carbocycles. The van der Waals surface area contributed by atoms with Crippen molar-refractivity contribution in [3.05, 3.63) is 39.8 Å². The molecule has 2 amide bonds. The second kappa shape index (κ2) is 8.80. The summed E-state index contributed by atoms with van der Waals surface area (Å²) >= 11 is 0. The van der Waals surface area contributed by atoms with Crippen molar-refractivity contribution in [3.63, 3.8) is 0 Å². The first-order valence-corrected chi connectivity index (χ1v) is 7.46. The molecule has 0 aromatic carbocycles. The third-order valence-corrected chi connectivity index (χ3v) is 3.46. The van der Waals surface area contributed by atoms with E-state index in [1.54, 1.807) is 7.05 Å². The zero-order valence-corrected chi connectivity index (χ0v) is 15.4. The summed E-state index contributed by atoms with van der Waals surface area (Å²) in [5, 5.41) is 26.7. The Hall–Kier alpha value is -3.41. The third kappa shape index (κ3) is 5.28. The molecule has 0 radical (unpaired) electrons. The number of hydrogen-bond donors (Lipinski definition) is 4. The Morgan fingerprint density at radius 1 is 1.30 bits per heavy atom. The van der Waals surface area contributed by atoms with Crippen LogP contribution in [-0.4, -0.2) is 43.5 Å². The number of halogens is 1. The van der Waals surface area contributed by atoms with E-state index in [9.17, 15) is 19.7 Å². The van der Waals surface area contributed by atoms with E-state index in [0.29, 0.717) is 11.4 Å². The smallest absolute Gasteiger partial charge is 0.388 e. The van der Waals surface area contributed by atoms with E-state index in [-0.39, 0.29) is 42.8 Å². The first-order chi connectivity index (χ1) is 12.2. The van der Waals surface area contributed by atoms with Gasteiger partial charge in [0.2, 0.25) is 0 Å². The quantitative estimate of drug-likeness (QED) is 0.227. The average molecular weight is 399 g/mol. The van der Waals surface area contributed by atoms with Crippen LogP contribution >= 0.6 is 12.4 Å². The van der Waals surface area contributed by atoms with Crippen molar-refractivity contribution in [2.24, 2.45) is 19.8 Å². The first-order valence-electron chi connectivity index (χ1n) is 7.46. The van der Waals surface area contributed by atoms with Gasteiger partial charge in [0.25, 0.3) is 11.8 Å². The molecule has 146 valence electrons. The van der Waals surface area contributed by atoms with Crippen LogP contribution in [0.25, 0.3) is 0 Å². The van der Waals surface area contributed by atoms with E-state index in [0.717, 1.165) is 10.7 Å². The van der Waals surface area contributed by atoms with Crippen LogP contribution in [0.3, 0.4) is 0 Å². The molecule has 0 saturated heterocycles. The summed E-state index contributed by atoms with van der Waals surface area (Å²) in [6, 6.07) is 2.53. The molecular weight excluding hydrogens is 380 g/mol. The molecule has 0 aliphatic rings. The van der Waals surface area contributed by atoms with Gasteiger partial charge in [-0.15, -0.1) is 12.4 Å². The van der Waals surface area contributed by atoms with Crippen molar-refractivity contribution in [3.8, 4) is 0 Å². The number of hydrogen-bond acceptors (Lipinski definition) is 6. The second-order valence-electron chi connectivity index (χ2n) is 5.48. The minimum absolute atomic E-state index is 0. The predicted octanol–water partition coefficient (Wildman–Crippen LogP) is 0.397. The van der Waals surface area contributed by atoms with Crippen LogP contribution in [0.5, 0.6) is 0 Å². The van der Waals surface area contributed by atoms with Gasteiger partial charge in [-0.3, -0.25) is 15.0 Å². The molecule has 2 aromatic rings. The van der Waals surface area contributed by atoms with E-state index in [1.165, 1.54) is 23.9 Å². The Kier molecular flexibility index (Phi) is 7.05. The lowest BCUT2D eigenvalue weighted by atomic mass is 10.3. The lowest BCUT2D eigenvalue weighted by molar-refractivity contribution is -0.389. The molecule has 0 unspecified atom stereocenters. The van der Waals surface area contributed by atoms with Gasteiger partial charge < -0.3 is 31.0 Å². The maximum absolute atomic E-state index is 12.3. The Bertz CT molecular complexity index is 888. The summed E-state index contributed by atoms with van der Waals surface area (Å²) in [4.78, 5) is 34.4. The van der Waals surface area contributed by atoms with Crippen LogP contribution < -0.4 is 16.4 Å². The minimum atomic E-state index is -0.692. The number of carbonyl (C=O) groups is 2. The highest BCUT2D eigenvalue weighted by Crippen LogP contribution is 2.16. The number of nitro groups is 1. The van der Waals surface area contributed by atoms with Crippen molar-refractivity contribution in [1.29, 1.82) is 5.41 Å². The highest BCUT2D eigenvalue weighted by molar-refractivity contribution is 6.04. The number of amidine groups is 1. The van der Waals surface area contributed by atoms with Crippen LogP contribution in [0.2, 0.25) is 0 Å². The van der Waals surface area contributed by atoms with Gasteiger partial charge in [-0.1, -0.05) is 0 Å². The number of nitrogens with zero attached hydrogens (tertiary/aromatic N) is 4. The van der Waals surface area contributed by atoms with Crippen molar-refractivity contribution in [2.75, 3.05) is 11.9 Å². The Morgan fingerprint density at radius 2 is 1.96 bits per heavy atom. The lowest BCUT2D eigenvalue weighted by Gasteiger charge is -2.04. The molecule has 13 heteroatoms. The van der Waals surface area contributed by atoms with Gasteiger partial charge >= 0.3 is 5.82 Å². The summed E-state index contributed by atoms with van der Waals surface area (Å²) < 4.78 is 2.62. The standard InChI is InChI=1S/C14H18N8O4.ClH/c1-20-7-8(5-9(20)13(23)17-4-3-11(15)16)18-14(24)10-6-12(22(25)26)19-21(10)2;/h5-7H,3-4H2,1-2H3,(H3,15,16)(H,17,23)(H,18,24);1H. The maximum atomic E-state index is 12.3. The fourth-order valence-electron chi connectivity index (χ4n) is 2.21. The van der Waals surface area contributed by atoms with E-state index in [4.69, 9.17) is 11.1 Å². The molecule has 0 spiro atoms. The number of aryl methyl sites for hydroxylation is 2. The molecule has 0 atom stereocenters. The number of aromatic nitrogens is 3. The Morgan fingerprint density at radius 3 is 2.52 bits per heavy atom. The lowest BCUT2D eigenvalue weighted by Crippen LogP contribution is -2.28. The monoisotopic (exact) mass is 398 g/mol. The number of rotatable bonds is 7. The van der Waals surface area contributed by atoms with Crippen LogP contribution in [0.4, 0.5) is 11.5 Å². The zero-order chi connectivity index (χ0) is 19.4. The van der Waals surface area contributed by atoms with Crippen LogP contribution in [0.15, 0.2) is 18.3 Å². The largest absolute Gasteiger partial charge is 0.390 e. The number of nitrogens with one attached hydrogen (secondary N) is 3. The van der Waals surface area contributed by atoms with Crippen molar-refractivity contribution < 1.29 is 14.5 Å². The SMILES string of the molecule is Cl.Cn1cc(NC(=O)c2cc([N+](=O)[O-])nn2C)cc1C(=O)NCCC(=N)N. The fourth-order valence-corrected chi connectivity index (χ4v) is 2.21. The van der Waals surface area contributed by atoms with Gasteiger partial charge in [-0.05, 0) is 11.0 Å². The molecule has 2 aromatic heterocycles. The van der Waals surface area contributed by atoms with Crippen LogP contribution in [-0.2, 0) is 14.1 Å².